The molecule has 6 nitrogen and oxygen atoms in total. The van der Waals surface area contributed by atoms with E-state index in [0.717, 1.165) is 12.5 Å². The fourth-order valence-corrected chi connectivity index (χ4v) is 5.46. The Morgan fingerprint density at radius 3 is 1.55 bits per heavy atom. The lowest BCUT2D eigenvalue weighted by atomic mass is 9.91. The van der Waals surface area contributed by atoms with Crippen LogP contribution in [0.3, 0.4) is 0 Å². The molecular formula is C12H18O6S2. The number of allylic oxidation sites excluding steroid dienone is 2. The summed E-state index contributed by atoms with van der Waals surface area (Å²) in [5.41, 5.74) is 0. The first kappa shape index (κ1) is 14.5. The van der Waals surface area contributed by atoms with Crippen LogP contribution >= 0.6 is 0 Å². The molecule has 0 radical (unpaired) electrons. The molecule has 114 valence electrons. The summed E-state index contributed by atoms with van der Waals surface area (Å²) in [4.78, 5) is 0. The third-order valence-corrected chi connectivity index (χ3v) is 5.70. The van der Waals surface area contributed by atoms with Gasteiger partial charge in [-0.1, -0.05) is 12.2 Å². The molecule has 0 heterocycles. The summed E-state index contributed by atoms with van der Waals surface area (Å²) in [7, 11) is -7.12. The molecule has 0 saturated heterocycles. The average molecular weight is 322 g/mol. The SMILES string of the molecule is CS(=O)(=O)OC1CC2C=CC3C[C@@H](OS(C)(=O)=O)C1C23. The molecule has 8 heteroatoms. The van der Waals surface area contributed by atoms with Crippen LogP contribution in [-0.4, -0.2) is 41.6 Å². The zero-order chi connectivity index (χ0) is 14.7. The summed E-state index contributed by atoms with van der Waals surface area (Å²) in [5.74, 6) is 0.604. The van der Waals surface area contributed by atoms with Gasteiger partial charge in [0, 0.05) is 5.92 Å². The summed E-state index contributed by atoms with van der Waals surface area (Å²) in [5, 5.41) is 0. The quantitative estimate of drug-likeness (QED) is 0.554. The molecule has 0 aromatic rings. The normalized spacial score (nSPS) is 43.1. The minimum Gasteiger partial charge on any atom is -0.267 e. The van der Waals surface area contributed by atoms with Crippen molar-refractivity contribution in [2.24, 2.45) is 23.7 Å². The minimum atomic E-state index is -3.56. The smallest absolute Gasteiger partial charge is 0.264 e. The maximum absolute atomic E-state index is 11.4. The zero-order valence-electron chi connectivity index (χ0n) is 11.3. The molecule has 0 spiro atoms. The zero-order valence-corrected chi connectivity index (χ0v) is 12.9. The van der Waals surface area contributed by atoms with Crippen molar-refractivity contribution >= 4 is 20.2 Å². The van der Waals surface area contributed by atoms with Gasteiger partial charge in [-0.15, -0.1) is 0 Å². The molecule has 0 aromatic carbocycles. The predicted molar refractivity (Wildman–Crippen MR) is 71.8 cm³/mol. The van der Waals surface area contributed by atoms with Crippen LogP contribution in [0.15, 0.2) is 12.2 Å². The molecular weight excluding hydrogens is 304 g/mol. The van der Waals surface area contributed by atoms with Gasteiger partial charge in [-0.3, -0.25) is 8.37 Å². The monoisotopic (exact) mass is 322 g/mol. The van der Waals surface area contributed by atoms with E-state index in [-0.39, 0.29) is 23.7 Å². The van der Waals surface area contributed by atoms with E-state index in [1.54, 1.807) is 0 Å². The maximum atomic E-state index is 11.4. The highest BCUT2D eigenvalue weighted by Gasteiger charge is 2.58. The standard InChI is InChI=1S/C12H18O6S2/c1-19(13,14)17-9-5-7-3-4-8-6-10(12(9)11(7)8)18-20(2,15)16/h3-4,7-12H,5-6H2,1-2H3/t7?,8?,9-,10?,11?,12?/m1/s1. The van der Waals surface area contributed by atoms with Crippen LogP contribution in [0.2, 0.25) is 0 Å². The van der Waals surface area contributed by atoms with Gasteiger partial charge < -0.3 is 0 Å². The molecule has 2 fully saturated rings. The van der Waals surface area contributed by atoms with Crippen LogP contribution in [0.1, 0.15) is 12.8 Å². The van der Waals surface area contributed by atoms with Crippen LogP contribution < -0.4 is 0 Å². The van der Waals surface area contributed by atoms with Crippen molar-refractivity contribution in [3.63, 3.8) is 0 Å². The van der Waals surface area contributed by atoms with E-state index in [0.29, 0.717) is 12.8 Å². The van der Waals surface area contributed by atoms with Crippen molar-refractivity contribution in [3.05, 3.63) is 12.2 Å². The van der Waals surface area contributed by atoms with Crippen molar-refractivity contribution in [2.75, 3.05) is 12.5 Å². The van der Waals surface area contributed by atoms with Crippen LogP contribution in [0, 0.1) is 23.7 Å². The van der Waals surface area contributed by atoms with E-state index in [1.807, 2.05) is 0 Å². The Morgan fingerprint density at radius 1 is 0.800 bits per heavy atom. The summed E-state index contributed by atoms with van der Waals surface area (Å²) in [6.07, 6.45) is 6.50. The first-order chi connectivity index (χ1) is 9.14. The second kappa shape index (κ2) is 4.53. The summed E-state index contributed by atoms with van der Waals surface area (Å²) >= 11 is 0. The number of hydrogen-bond acceptors (Lipinski definition) is 6. The summed E-state index contributed by atoms with van der Waals surface area (Å²) in [6.45, 7) is 0. The fraction of sp³-hybridized carbons (Fsp3) is 0.833. The van der Waals surface area contributed by atoms with Crippen LogP contribution in [0.25, 0.3) is 0 Å². The Labute approximate surface area is 119 Å². The maximum Gasteiger partial charge on any atom is 0.264 e. The van der Waals surface area contributed by atoms with Crippen molar-refractivity contribution in [3.8, 4) is 0 Å². The highest BCUT2D eigenvalue weighted by molar-refractivity contribution is 7.86. The Balaban J connectivity index is 1.87. The molecule has 0 aliphatic heterocycles. The summed E-state index contributed by atoms with van der Waals surface area (Å²) in [6, 6.07) is 0. The molecule has 20 heavy (non-hydrogen) atoms. The van der Waals surface area contributed by atoms with Gasteiger partial charge >= 0.3 is 0 Å². The van der Waals surface area contributed by atoms with Crippen LogP contribution in [0.4, 0.5) is 0 Å². The first-order valence-electron chi connectivity index (χ1n) is 6.59. The molecule has 5 unspecified atom stereocenters. The van der Waals surface area contributed by atoms with Gasteiger partial charge in [0.2, 0.25) is 0 Å². The van der Waals surface area contributed by atoms with Gasteiger partial charge in [0.25, 0.3) is 20.2 Å². The Hall–Kier alpha value is -0.440. The lowest BCUT2D eigenvalue weighted by Crippen LogP contribution is -2.33. The van der Waals surface area contributed by atoms with E-state index in [9.17, 15) is 16.8 Å². The van der Waals surface area contributed by atoms with E-state index in [1.165, 1.54) is 0 Å². The van der Waals surface area contributed by atoms with Gasteiger partial charge in [-0.2, -0.15) is 16.8 Å². The van der Waals surface area contributed by atoms with Crippen LogP contribution in [-0.2, 0) is 28.6 Å². The lowest BCUT2D eigenvalue weighted by molar-refractivity contribution is 0.0771. The molecule has 0 amide bonds. The molecule has 2 saturated carbocycles. The molecule has 0 N–H and O–H groups in total. The van der Waals surface area contributed by atoms with Crippen molar-refractivity contribution in [1.29, 1.82) is 0 Å². The average Bonchev–Trinajstić information content (AvgIpc) is 2.81. The van der Waals surface area contributed by atoms with E-state index in [2.05, 4.69) is 12.2 Å². The fourth-order valence-electron chi connectivity index (χ4n) is 4.14. The van der Waals surface area contributed by atoms with Crippen molar-refractivity contribution in [2.45, 2.75) is 25.0 Å². The summed E-state index contributed by atoms with van der Waals surface area (Å²) < 4.78 is 55.8. The van der Waals surface area contributed by atoms with Crippen LogP contribution in [0.5, 0.6) is 0 Å². The van der Waals surface area contributed by atoms with Gasteiger partial charge in [-0.05, 0) is 30.6 Å². The number of hydrogen-bond donors (Lipinski definition) is 0. The van der Waals surface area contributed by atoms with Gasteiger partial charge in [0.1, 0.15) is 0 Å². The predicted octanol–water partition coefficient (Wildman–Crippen LogP) is 0.518. The van der Waals surface area contributed by atoms with Crippen molar-refractivity contribution < 1.29 is 25.2 Å². The Bertz CT molecular complexity index is 581. The molecule has 3 rings (SSSR count). The second-order valence-corrected chi connectivity index (χ2v) is 9.22. The molecule has 0 bridgehead atoms. The van der Waals surface area contributed by atoms with Gasteiger partial charge in [0.15, 0.2) is 0 Å². The molecule has 3 aliphatic rings. The highest BCUT2D eigenvalue weighted by atomic mass is 32.2. The highest BCUT2D eigenvalue weighted by Crippen LogP contribution is 2.57. The topological polar surface area (TPSA) is 86.7 Å². The van der Waals surface area contributed by atoms with E-state index >= 15 is 0 Å². The van der Waals surface area contributed by atoms with E-state index < -0.39 is 32.4 Å². The first-order valence-corrected chi connectivity index (χ1v) is 10.2. The van der Waals surface area contributed by atoms with Crippen molar-refractivity contribution in [1.82, 2.24) is 0 Å². The third kappa shape index (κ3) is 2.66. The second-order valence-electron chi connectivity index (χ2n) is 6.02. The van der Waals surface area contributed by atoms with Gasteiger partial charge in [-0.25, -0.2) is 0 Å². The number of rotatable bonds is 4. The molecule has 0 aromatic heterocycles. The largest absolute Gasteiger partial charge is 0.267 e. The van der Waals surface area contributed by atoms with E-state index in [4.69, 9.17) is 8.37 Å². The lowest BCUT2D eigenvalue weighted by Gasteiger charge is -2.23. The van der Waals surface area contributed by atoms with Gasteiger partial charge in [0.05, 0.1) is 24.7 Å². The Morgan fingerprint density at radius 2 is 1.20 bits per heavy atom. The molecule has 3 aliphatic carbocycles. The third-order valence-electron chi connectivity index (χ3n) is 4.50. The minimum absolute atomic E-state index is 0.176. The molecule has 6 atom stereocenters. The Kier molecular flexibility index (Phi) is 3.28.